The zero-order chi connectivity index (χ0) is 20.5. The van der Waals surface area contributed by atoms with Gasteiger partial charge in [-0.1, -0.05) is 30.3 Å². The second kappa shape index (κ2) is 7.31. The van der Waals surface area contributed by atoms with E-state index in [0.29, 0.717) is 35.1 Å². The van der Waals surface area contributed by atoms with E-state index in [1.54, 1.807) is 30.1 Å². The van der Waals surface area contributed by atoms with Gasteiger partial charge in [0.1, 0.15) is 11.4 Å². The summed E-state index contributed by atoms with van der Waals surface area (Å²) in [4.78, 5) is 38.6. The van der Waals surface area contributed by atoms with Crippen molar-refractivity contribution in [3.05, 3.63) is 81.1 Å². The van der Waals surface area contributed by atoms with Crippen molar-refractivity contribution in [2.45, 2.75) is 6.54 Å². The third-order valence-corrected chi connectivity index (χ3v) is 4.88. The highest BCUT2D eigenvalue weighted by molar-refractivity contribution is 5.96. The first-order valence-electron chi connectivity index (χ1n) is 9.11. The van der Waals surface area contributed by atoms with Crippen LogP contribution in [0.3, 0.4) is 0 Å². The summed E-state index contributed by atoms with van der Waals surface area (Å²) in [5.74, 6) is 0.903. The van der Waals surface area contributed by atoms with Gasteiger partial charge in [0.2, 0.25) is 5.91 Å². The molecule has 0 fully saturated rings. The summed E-state index contributed by atoms with van der Waals surface area (Å²) in [6, 6.07) is 16.4. The van der Waals surface area contributed by atoms with Crippen LogP contribution in [0, 0.1) is 0 Å². The van der Waals surface area contributed by atoms with Gasteiger partial charge in [-0.2, -0.15) is 0 Å². The molecule has 148 valence electrons. The van der Waals surface area contributed by atoms with E-state index < -0.39 is 5.56 Å². The molecule has 1 N–H and O–H groups in total. The number of hydrogen-bond donors (Lipinski definition) is 1. The average Bonchev–Trinajstić information content (AvgIpc) is 2.70. The molecule has 29 heavy (non-hydrogen) atoms. The number of nitrogens with one attached hydrogen (secondary N) is 1. The number of carbonyl (C=O) groups is 1. The molecule has 8 nitrogen and oxygen atoms in total. The fourth-order valence-corrected chi connectivity index (χ4v) is 3.31. The number of anilines is 2. The summed E-state index contributed by atoms with van der Waals surface area (Å²) in [7, 11) is 3.05. The van der Waals surface area contributed by atoms with Gasteiger partial charge in [0.25, 0.3) is 5.56 Å². The first kappa shape index (κ1) is 18.5. The molecule has 0 unspecified atom stereocenters. The molecule has 8 heteroatoms. The highest BCUT2D eigenvalue weighted by Gasteiger charge is 2.32. The molecule has 2 aromatic carbocycles. The van der Waals surface area contributed by atoms with Crippen molar-refractivity contribution in [2.24, 2.45) is 14.1 Å². The number of rotatable bonds is 5. The number of hydrogen-bond acceptors (Lipinski definition) is 5. The van der Waals surface area contributed by atoms with Crippen molar-refractivity contribution in [3.63, 3.8) is 0 Å². The van der Waals surface area contributed by atoms with E-state index in [0.717, 1.165) is 4.57 Å². The van der Waals surface area contributed by atoms with Crippen LogP contribution in [0.15, 0.2) is 64.2 Å². The zero-order valence-electron chi connectivity index (χ0n) is 16.1. The minimum atomic E-state index is -0.394. The minimum Gasteiger partial charge on any atom is -0.455 e. The molecule has 0 radical (unpaired) electrons. The van der Waals surface area contributed by atoms with Gasteiger partial charge in [0.05, 0.1) is 24.5 Å². The normalized spacial score (nSPS) is 12.1. The molecule has 0 atom stereocenters. The Morgan fingerprint density at radius 2 is 1.69 bits per heavy atom. The third kappa shape index (κ3) is 3.40. The zero-order valence-corrected chi connectivity index (χ0v) is 16.1. The van der Waals surface area contributed by atoms with E-state index in [1.807, 2.05) is 36.4 Å². The highest BCUT2D eigenvalue weighted by atomic mass is 16.5. The fourth-order valence-electron chi connectivity index (χ4n) is 3.31. The lowest BCUT2D eigenvalue weighted by Gasteiger charge is -2.35. The molecule has 0 saturated heterocycles. The number of carbonyl (C=O) groups excluding carboxylic acids is 1. The van der Waals surface area contributed by atoms with Crippen molar-refractivity contribution in [1.82, 2.24) is 9.13 Å². The van der Waals surface area contributed by atoms with Crippen LogP contribution in [-0.2, 0) is 25.4 Å². The number of nitrogens with zero attached hydrogens (tertiary/aromatic N) is 3. The average molecular weight is 392 g/mol. The van der Waals surface area contributed by atoms with Gasteiger partial charge >= 0.3 is 5.69 Å². The molecule has 4 rings (SSSR count). The lowest BCUT2D eigenvalue weighted by Crippen LogP contribution is -2.51. The molecular formula is C21H20N4O4. The number of amides is 1. The summed E-state index contributed by atoms with van der Waals surface area (Å²) >= 11 is 0. The van der Waals surface area contributed by atoms with Crippen molar-refractivity contribution in [2.75, 3.05) is 16.8 Å². The Bertz CT molecular complexity index is 1200. The second-order valence-electron chi connectivity index (χ2n) is 6.82. The second-order valence-corrected chi connectivity index (χ2v) is 6.82. The summed E-state index contributed by atoms with van der Waals surface area (Å²) < 4.78 is 8.34. The van der Waals surface area contributed by atoms with E-state index in [1.165, 1.54) is 11.6 Å². The van der Waals surface area contributed by atoms with E-state index in [-0.39, 0.29) is 18.1 Å². The Kier molecular flexibility index (Phi) is 4.67. The lowest BCUT2D eigenvalue weighted by atomic mass is 10.1. The molecule has 2 heterocycles. The maximum Gasteiger partial charge on any atom is 0.330 e. The minimum absolute atomic E-state index is 0.000114. The van der Waals surface area contributed by atoms with E-state index in [4.69, 9.17) is 4.74 Å². The summed E-state index contributed by atoms with van der Waals surface area (Å²) in [6.45, 7) is 0.368. The van der Waals surface area contributed by atoms with Gasteiger partial charge in [-0.15, -0.1) is 0 Å². The lowest BCUT2D eigenvalue weighted by molar-refractivity contribution is -0.115. The van der Waals surface area contributed by atoms with Gasteiger partial charge in [0.15, 0.2) is 5.75 Å². The topological polar surface area (TPSA) is 85.6 Å². The molecule has 1 aliphatic rings. The molecule has 1 aromatic heterocycles. The van der Waals surface area contributed by atoms with Crippen LogP contribution in [-0.4, -0.2) is 21.6 Å². The Hall–Kier alpha value is -3.81. The predicted octanol–water partition coefficient (Wildman–Crippen LogP) is 1.84. The summed E-state index contributed by atoms with van der Waals surface area (Å²) in [6.07, 6.45) is 0. The number of para-hydroxylation sites is 3. The van der Waals surface area contributed by atoms with E-state index >= 15 is 0 Å². The molecule has 1 aliphatic heterocycles. The molecule has 3 aromatic rings. The summed E-state index contributed by atoms with van der Waals surface area (Å²) in [5, 5.41) is 2.84. The van der Waals surface area contributed by atoms with Gasteiger partial charge in [-0.05, 0) is 24.3 Å². The molecule has 0 saturated carbocycles. The van der Waals surface area contributed by atoms with Gasteiger partial charge in [0, 0.05) is 14.1 Å². The van der Waals surface area contributed by atoms with Crippen molar-refractivity contribution in [1.29, 1.82) is 0 Å². The van der Waals surface area contributed by atoms with Gasteiger partial charge in [-0.3, -0.25) is 18.7 Å². The van der Waals surface area contributed by atoms with Crippen LogP contribution in [0.2, 0.25) is 0 Å². The quantitative estimate of drug-likeness (QED) is 0.716. The van der Waals surface area contributed by atoms with Gasteiger partial charge in [-0.25, -0.2) is 4.79 Å². The van der Waals surface area contributed by atoms with Crippen LogP contribution in [0.25, 0.3) is 0 Å². The Balaban J connectivity index is 1.50. The standard InChI is InChI=1S/C21H20N4O4/c1-23-16-12-25(19(16)20(27)24(2)21(23)28)13-18(26)22-15-10-6-7-11-17(15)29-14-8-4-3-5-9-14/h3-11H,12-13H2,1-2H3,(H,22,26). The Morgan fingerprint density at radius 1 is 1.00 bits per heavy atom. The van der Waals surface area contributed by atoms with Crippen LogP contribution in [0.4, 0.5) is 11.4 Å². The predicted molar refractivity (Wildman–Crippen MR) is 110 cm³/mol. The SMILES string of the molecule is Cn1c2c(c(=O)n(C)c1=O)N(CC(=O)Nc1ccccc1Oc1ccccc1)C2. The third-order valence-electron chi connectivity index (χ3n) is 4.88. The van der Waals surface area contributed by atoms with Crippen LogP contribution >= 0.6 is 0 Å². The van der Waals surface area contributed by atoms with Crippen LogP contribution in [0.1, 0.15) is 5.69 Å². The molecule has 0 bridgehead atoms. The maximum atomic E-state index is 12.6. The molecular weight excluding hydrogens is 372 g/mol. The van der Waals surface area contributed by atoms with E-state index in [9.17, 15) is 14.4 Å². The molecule has 0 aliphatic carbocycles. The number of ether oxygens (including phenoxy) is 1. The molecule has 0 spiro atoms. The van der Waals surface area contributed by atoms with Gasteiger partial charge < -0.3 is 15.0 Å². The monoisotopic (exact) mass is 392 g/mol. The first-order valence-corrected chi connectivity index (χ1v) is 9.11. The van der Waals surface area contributed by atoms with Crippen LogP contribution < -0.4 is 26.2 Å². The largest absolute Gasteiger partial charge is 0.455 e. The number of fused-ring (bicyclic) bond motifs is 1. The first-order chi connectivity index (χ1) is 14.0. The van der Waals surface area contributed by atoms with Crippen molar-refractivity contribution < 1.29 is 9.53 Å². The highest BCUT2D eigenvalue weighted by Crippen LogP contribution is 2.30. The fraction of sp³-hybridized carbons (Fsp3) is 0.190. The van der Waals surface area contributed by atoms with Crippen molar-refractivity contribution >= 4 is 17.3 Å². The Morgan fingerprint density at radius 3 is 2.45 bits per heavy atom. The maximum absolute atomic E-state index is 12.6. The number of aromatic nitrogens is 2. The summed E-state index contributed by atoms with van der Waals surface area (Å²) in [5.41, 5.74) is 0.799. The number of benzene rings is 2. The van der Waals surface area contributed by atoms with Crippen molar-refractivity contribution in [3.8, 4) is 11.5 Å². The Labute approximate surface area is 166 Å². The van der Waals surface area contributed by atoms with E-state index in [2.05, 4.69) is 5.32 Å². The molecule has 1 amide bonds. The smallest absolute Gasteiger partial charge is 0.330 e. The van der Waals surface area contributed by atoms with Crippen LogP contribution in [0.5, 0.6) is 11.5 Å².